The molecule has 0 aliphatic heterocycles. The van der Waals surface area contributed by atoms with E-state index in [1.807, 2.05) is 31.2 Å². The van der Waals surface area contributed by atoms with Crippen LogP contribution in [0, 0.1) is 12.8 Å². The number of hydrogen-bond acceptors (Lipinski definition) is 1. The highest BCUT2D eigenvalue weighted by Crippen LogP contribution is 2.37. The van der Waals surface area contributed by atoms with Gasteiger partial charge in [-0.25, -0.2) is 0 Å². The normalized spacial score (nSPS) is 11.2. The number of amides is 1. The molecule has 0 saturated carbocycles. The molecule has 0 unspecified atom stereocenters. The Bertz CT molecular complexity index is 716. The molecule has 0 aliphatic carbocycles. The van der Waals surface area contributed by atoms with Crippen LogP contribution in [-0.4, -0.2) is 10.5 Å². The Labute approximate surface area is 143 Å². The first-order chi connectivity index (χ1) is 10.9. The zero-order valence-electron chi connectivity index (χ0n) is 14.3. The summed E-state index contributed by atoms with van der Waals surface area (Å²) in [7, 11) is 0. The van der Waals surface area contributed by atoms with Gasteiger partial charge < -0.3 is 10.3 Å². The maximum atomic E-state index is 12.1. The molecule has 1 heterocycles. The average Bonchev–Trinajstić information content (AvgIpc) is 2.77. The van der Waals surface area contributed by atoms with Gasteiger partial charge in [0.1, 0.15) is 0 Å². The van der Waals surface area contributed by atoms with Crippen LogP contribution in [0.25, 0.3) is 11.1 Å². The molecule has 1 aromatic heterocycles. The Hall–Kier alpha value is -1.74. The fourth-order valence-electron chi connectivity index (χ4n) is 3.11. The van der Waals surface area contributed by atoms with Crippen molar-refractivity contribution in [2.24, 2.45) is 11.7 Å². The maximum absolute atomic E-state index is 12.1. The molecule has 0 atom stereocenters. The van der Waals surface area contributed by atoms with Gasteiger partial charge >= 0.3 is 0 Å². The molecule has 2 N–H and O–H groups in total. The smallest absolute Gasteiger partial charge is 0.251 e. The summed E-state index contributed by atoms with van der Waals surface area (Å²) in [6, 6.07) is 7.63. The molecule has 1 amide bonds. The van der Waals surface area contributed by atoms with Crippen molar-refractivity contribution in [1.82, 2.24) is 4.57 Å². The second-order valence-electron chi connectivity index (χ2n) is 6.31. The summed E-state index contributed by atoms with van der Waals surface area (Å²) >= 11 is 6.39. The number of hydrogen-bond donors (Lipinski definition) is 1. The number of rotatable bonds is 6. The van der Waals surface area contributed by atoms with E-state index in [1.165, 1.54) is 0 Å². The summed E-state index contributed by atoms with van der Waals surface area (Å²) < 4.78 is 2.23. The number of carbonyl (C=O) groups excluding carboxylic acids is 1. The highest BCUT2D eigenvalue weighted by Gasteiger charge is 2.24. The number of nitrogens with zero attached hydrogens (tertiary/aromatic N) is 1. The Kier molecular flexibility index (Phi) is 5.53. The van der Waals surface area contributed by atoms with Gasteiger partial charge in [-0.3, -0.25) is 4.79 Å². The SMILES string of the molecule is CCc1c(-c2ccccc2Cl)c(C(N)=O)c(C)n1CCC(C)C. The standard InChI is InChI=1S/C19H25ClN2O/c1-5-16-18(14-8-6-7-9-15(14)20)17(19(21)23)13(4)22(16)11-10-12(2)3/h6-9,12H,5,10-11H2,1-4H3,(H2,21,23). The van der Waals surface area contributed by atoms with E-state index in [-0.39, 0.29) is 0 Å². The van der Waals surface area contributed by atoms with Crippen molar-refractivity contribution in [3.63, 3.8) is 0 Å². The van der Waals surface area contributed by atoms with E-state index < -0.39 is 5.91 Å². The van der Waals surface area contributed by atoms with Crippen molar-refractivity contribution < 1.29 is 4.79 Å². The first-order valence-electron chi connectivity index (χ1n) is 8.15. The van der Waals surface area contributed by atoms with E-state index in [4.69, 9.17) is 17.3 Å². The van der Waals surface area contributed by atoms with Crippen LogP contribution in [0.3, 0.4) is 0 Å². The first kappa shape index (κ1) is 17.6. The van der Waals surface area contributed by atoms with Gasteiger partial charge in [-0.1, -0.05) is 50.6 Å². The molecular formula is C19H25ClN2O. The minimum Gasteiger partial charge on any atom is -0.366 e. The molecule has 2 aromatic rings. The van der Waals surface area contributed by atoms with Gasteiger partial charge in [-0.2, -0.15) is 0 Å². The second kappa shape index (κ2) is 7.22. The molecule has 4 heteroatoms. The lowest BCUT2D eigenvalue weighted by atomic mass is 9.99. The second-order valence-corrected chi connectivity index (χ2v) is 6.72. The highest BCUT2D eigenvalue weighted by atomic mass is 35.5. The van der Waals surface area contributed by atoms with E-state index in [2.05, 4.69) is 25.3 Å². The van der Waals surface area contributed by atoms with Crippen LogP contribution in [0.2, 0.25) is 5.02 Å². The number of primary amides is 1. The molecular weight excluding hydrogens is 308 g/mol. The molecule has 3 nitrogen and oxygen atoms in total. The number of benzene rings is 1. The van der Waals surface area contributed by atoms with Gasteiger partial charge in [-0.15, -0.1) is 0 Å². The molecule has 0 aliphatic rings. The molecule has 124 valence electrons. The largest absolute Gasteiger partial charge is 0.366 e. The molecule has 0 radical (unpaired) electrons. The minimum absolute atomic E-state index is 0.393. The summed E-state index contributed by atoms with van der Waals surface area (Å²) in [6.07, 6.45) is 1.88. The van der Waals surface area contributed by atoms with E-state index >= 15 is 0 Å². The van der Waals surface area contributed by atoms with E-state index in [9.17, 15) is 4.79 Å². The fraction of sp³-hybridized carbons (Fsp3) is 0.421. The van der Waals surface area contributed by atoms with Gasteiger partial charge in [0, 0.05) is 34.1 Å². The first-order valence-corrected chi connectivity index (χ1v) is 8.52. The number of aromatic nitrogens is 1. The van der Waals surface area contributed by atoms with Crippen molar-refractivity contribution in [2.75, 3.05) is 0 Å². The van der Waals surface area contributed by atoms with Crippen LogP contribution < -0.4 is 5.73 Å². The Balaban J connectivity index is 2.71. The summed E-state index contributed by atoms with van der Waals surface area (Å²) in [4.78, 5) is 12.1. The predicted molar refractivity (Wildman–Crippen MR) is 97.0 cm³/mol. The third kappa shape index (κ3) is 3.45. The van der Waals surface area contributed by atoms with Crippen LogP contribution in [-0.2, 0) is 13.0 Å². The van der Waals surface area contributed by atoms with Gasteiger partial charge in [0.15, 0.2) is 0 Å². The minimum atomic E-state index is -0.393. The fourth-order valence-corrected chi connectivity index (χ4v) is 3.34. The van der Waals surface area contributed by atoms with Crippen molar-refractivity contribution in [3.8, 4) is 11.1 Å². The quantitative estimate of drug-likeness (QED) is 0.809. The zero-order chi connectivity index (χ0) is 17.1. The topological polar surface area (TPSA) is 48.0 Å². The number of nitrogens with two attached hydrogens (primary N) is 1. The third-order valence-electron chi connectivity index (χ3n) is 4.29. The Morgan fingerprint density at radius 2 is 1.96 bits per heavy atom. The lowest BCUT2D eigenvalue weighted by Crippen LogP contribution is -2.13. The van der Waals surface area contributed by atoms with Crippen molar-refractivity contribution in [2.45, 2.75) is 47.1 Å². The van der Waals surface area contributed by atoms with Crippen LogP contribution in [0.15, 0.2) is 24.3 Å². The van der Waals surface area contributed by atoms with Gasteiger partial charge in [0.25, 0.3) is 5.91 Å². The molecule has 0 bridgehead atoms. The molecule has 2 rings (SSSR count). The van der Waals surface area contributed by atoms with Gasteiger partial charge in [0.05, 0.1) is 5.56 Å². The van der Waals surface area contributed by atoms with Crippen LogP contribution in [0.1, 0.15) is 48.9 Å². The lowest BCUT2D eigenvalue weighted by molar-refractivity contribution is 0.1000. The van der Waals surface area contributed by atoms with E-state index in [0.717, 1.165) is 41.9 Å². The van der Waals surface area contributed by atoms with Crippen LogP contribution >= 0.6 is 11.6 Å². The monoisotopic (exact) mass is 332 g/mol. The van der Waals surface area contributed by atoms with Gasteiger partial charge in [-0.05, 0) is 31.7 Å². The molecule has 23 heavy (non-hydrogen) atoms. The Morgan fingerprint density at radius 3 is 2.48 bits per heavy atom. The van der Waals surface area contributed by atoms with Gasteiger partial charge in [0.2, 0.25) is 0 Å². The lowest BCUT2D eigenvalue weighted by Gasteiger charge is -2.13. The van der Waals surface area contributed by atoms with E-state index in [1.54, 1.807) is 0 Å². The van der Waals surface area contributed by atoms with Crippen LogP contribution in [0.5, 0.6) is 0 Å². The molecule has 0 spiro atoms. The molecule has 1 aromatic carbocycles. The predicted octanol–water partition coefficient (Wildman–Crippen LogP) is 4.82. The maximum Gasteiger partial charge on any atom is 0.251 e. The zero-order valence-corrected chi connectivity index (χ0v) is 15.1. The van der Waals surface area contributed by atoms with Crippen molar-refractivity contribution in [1.29, 1.82) is 0 Å². The molecule has 0 saturated heterocycles. The summed E-state index contributed by atoms with van der Waals surface area (Å²) in [5, 5.41) is 0.644. The molecule has 0 fully saturated rings. The number of carbonyl (C=O) groups is 1. The Morgan fingerprint density at radius 1 is 1.30 bits per heavy atom. The average molecular weight is 333 g/mol. The van der Waals surface area contributed by atoms with Crippen molar-refractivity contribution in [3.05, 3.63) is 46.2 Å². The van der Waals surface area contributed by atoms with Crippen LogP contribution in [0.4, 0.5) is 0 Å². The summed E-state index contributed by atoms with van der Waals surface area (Å²) in [5.41, 5.74) is 10.1. The third-order valence-corrected chi connectivity index (χ3v) is 4.62. The summed E-state index contributed by atoms with van der Waals surface area (Å²) in [6.45, 7) is 9.37. The van der Waals surface area contributed by atoms with Crippen molar-refractivity contribution >= 4 is 17.5 Å². The number of halogens is 1. The van der Waals surface area contributed by atoms with E-state index in [0.29, 0.717) is 16.5 Å². The highest BCUT2D eigenvalue weighted by molar-refractivity contribution is 6.33. The summed E-state index contributed by atoms with van der Waals surface area (Å²) in [5.74, 6) is 0.206.